The molecule has 0 bridgehead atoms. The highest BCUT2D eigenvalue weighted by Crippen LogP contribution is 2.29. The predicted molar refractivity (Wildman–Crippen MR) is 101 cm³/mol. The zero-order valence-corrected chi connectivity index (χ0v) is 16.4. The van der Waals surface area contributed by atoms with Crippen LogP contribution in [0.15, 0.2) is 47.4 Å². The molecule has 0 aromatic heterocycles. The van der Waals surface area contributed by atoms with Crippen molar-refractivity contribution in [2.24, 2.45) is 0 Å². The van der Waals surface area contributed by atoms with Crippen molar-refractivity contribution in [3.05, 3.63) is 53.6 Å². The third-order valence-electron chi connectivity index (χ3n) is 4.53. The normalized spacial score (nSPS) is 17.3. The Morgan fingerprint density at radius 1 is 1.12 bits per heavy atom. The highest BCUT2D eigenvalue weighted by Gasteiger charge is 2.26. The number of benzene rings is 2. The Balaban J connectivity index is 1.75. The monoisotopic (exact) mass is 375 g/mol. The van der Waals surface area contributed by atoms with Crippen molar-refractivity contribution in [2.75, 3.05) is 13.7 Å². The molecule has 1 atom stereocenters. The van der Waals surface area contributed by atoms with Crippen molar-refractivity contribution in [3.63, 3.8) is 0 Å². The maximum Gasteiger partial charge on any atom is 0.240 e. The van der Waals surface area contributed by atoms with E-state index in [1.54, 1.807) is 19.2 Å². The van der Waals surface area contributed by atoms with Crippen LogP contribution in [0, 0.1) is 0 Å². The van der Waals surface area contributed by atoms with Crippen molar-refractivity contribution in [2.45, 2.75) is 43.5 Å². The zero-order valence-electron chi connectivity index (χ0n) is 15.6. The van der Waals surface area contributed by atoms with E-state index in [-0.39, 0.29) is 16.4 Å². The molecule has 0 saturated heterocycles. The molecule has 1 aliphatic heterocycles. The van der Waals surface area contributed by atoms with Gasteiger partial charge in [-0.1, -0.05) is 32.9 Å². The summed E-state index contributed by atoms with van der Waals surface area (Å²) in [5.74, 6) is 1.50. The number of hydrogen-bond donors (Lipinski definition) is 1. The zero-order chi connectivity index (χ0) is 18.9. The van der Waals surface area contributed by atoms with Crippen LogP contribution in [-0.4, -0.2) is 28.2 Å². The Hall–Kier alpha value is -2.05. The number of fused-ring (bicyclic) bond motifs is 1. The van der Waals surface area contributed by atoms with Crippen LogP contribution < -0.4 is 14.2 Å². The van der Waals surface area contributed by atoms with Crippen molar-refractivity contribution in [1.82, 2.24) is 4.72 Å². The third-order valence-corrected chi connectivity index (χ3v) is 6.06. The minimum absolute atomic E-state index is 0.0182. The van der Waals surface area contributed by atoms with Gasteiger partial charge in [0.15, 0.2) is 0 Å². The van der Waals surface area contributed by atoms with Crippen molar-refractivity contribution in [3.8, 4) is 11.5 Å². The lowest BCUT2D eigenvalue weighted by Gasteiger charge is -2.26. The van der Waals surface area contributed by atoms with Crippen molar-refractivity contribution < 1.29 is 17.9 Å². The van der Waals surface area contributed by atoms with Crippen LogP contribution in [0.25, 0.3) is 0 Å². The van der Waals surface area contributed by atoms with Gasteiger partial charge in [0.05, 0.1) is 18.0 Å². The smallest absolute Gasteiger partial charge is 0.240 e. The second kappa shape index (κ2) is 6.93. The van der Waals surface area contributed by atoms with E-state index in [2.05, 4.69) is 25.5 Å². The number of sulfonamides is 1. The fraction of sp³-hybridized carbons (Fsp3) is 0.400. The Kier molecular flexibility index (Phi) is 4.99. The van der Waals surface area contributed by atoms with Crippen molar-refractivity contribution in [1.29, 1.82) is 0 Å². The number of rotatable bonds is 4. The molecule has 0 unspecified atom stereocenters. The first kappa shape index (κ1) is 18.7. The van der Waals surface area contributed by atoms with E-state index >= 15 is 0 Å². The van der Waals surface area contributed by atoms with Crippen LogP contribution in [-0.2, 0) is 21.9 Å². The van der Waals surface area contributed by atoms with Gasteiger partial charge in [-0.05, 0) is 53.3 Å². The van der Waals surface area contributed by atoms with E-state index in [0.717, 1.165) is 22.6 Å². The summed E-state index contributed by atoms with van der Waals surface area (Å²) in [5, 5.41) is 0. The molecule has 0 spiro atoms. The van der Waals surface area contributed by atoms with E-state index in [4.69, 9.17) is 9.47 Å². The van der Waals surface area contributed by atoms with E-state index in [1.165, 1.54) is 0 Å². The van der Waals surface area contributed by atoms with E-state index in [0.29, 0.717) is 13.0 Å². The lowest BCUT2D eigenvalue weighted by Crippen LogP contribution is -2.42. The van der Waals surface area contributed by atoms with Crippen LogP contribution in [0.5, 0.6) is 11.5 Å². The molecule has 2 aromatic rings. The molecule has 0 fully saturated rings. The molecule has 0 amide bonds. The largest absolute Gasteiger partial charge is 0.497 e. The highest BCUT2D eigenvalue weighted by atomic mass is 32.2. The van der Waals surface area contributed by atoms with Gasteiger partial charge in [0, 0.05) is 0 Å². The maximum absolute atomic E-state index is 12.7. The van der Waals surface area contributed by atoms with Crippen LogP contribution >= 0.6 is 0 Å². The molecule has 0 aliphatic carbocycles. The van der Waals surface area contributed by atoms with Gasteiger partial charge in [-0.15, -0.1) is 0 Å². The van der Waals surface area contributed by atoms with Gasteiger partial charge < -0.3 is 9.47 Å². The third kappa shape index (κ3) is 4.02. The topological polar surface area (TPSA) is 64.6 Å². The summed E-state index contributed by atoms with van der Waals surface area (Å²) in [4.78, 5) is 0.266. The second-order valence-corrected chi connectivity index (χ2v) is 9.30. The number of nitrogens with one attached hydrogen (secondary N) is 1. The maximum atomic E-state index is 12.7. The van der Waals surface area contributed by atoms with Crippen LogP contribution in [0.2, 0.25) is 0 Å². The standard InChI is InChI=1S/C20H25NO4S/c1-20(2,3)15-5-8-18(9-6-15)26(22,23)21-16-11-14-12-17(24-4)7-10-19(14)25-13-16/h5-10,12,16,21H,11,13H2,1-4H3/t16-/m0/s1. The molecule has 5 nitrogen and oxygen atoms in total. The molecule has 3 rings (SSSR count). The predicted octanol–water partition coefficient (Wildman–Crippen LogP) is 3.27. The summed E-state index contributed by atoms with van der Waals surface area (Å²) in [6.45, 7) is 6.60. The van der Waals surface area contributed by atoms with Gasteiger partial charge >= 0.3 is 0 Å². The molecule has 1 aliphatic rings. The quantitative estimate of drug-likeness (QED) is 0.891. The summed E-state index contributed by atoms with van der Waals surface area (Å²) in [6.07, 6.45) is 0.561. The van der Waals surface area contributed by atoms with Gasteiger partial charge in [0.1, 0.15) is 18.1 Å². The molecular formula is C20H25NO4S. The van der Waals surface area contributed by atoms with Gasteiger partial charge in [-0.3, -0.25) is 0 Å². The SMILES string of the molecule is COc1ccc2c(c1)C[C@H](NS(=O)(=O)c1ccc(C(C)(C)C)cc1)CO2. The molecule has 2 aromatic carbocycles. The fourth-order valence-corrected chi connectivity index (χ4v) is 4.22. The van der Waals surface area contributed by atoms with Gasteiger partial charge in [0.25, 0.3) is 0 Å². The fourth-order valence-electron chi connectivity index (χ4n) is 3.00. The first-order chi connectivity index (χ1) is 12.2. The summed E-state index contributed by atoms with van der Waals surface area (Å²) in [6, 6.07) is 12.3. The molecule has 1 N–H and O–H groups in total. The Morgan fingerprint density at radius 3 is 2.42 bits per heavy atom. The van der Waals surface area contributed by atoms with Crippen LogP contribution in [0.3, 0.4) is 0 Å². The minimum Gasteiger partial charge on any atom is -0.497 e. The lowest BCUT2D eigenvalue weighted by atomic mass is 9.87. The summed E-state index contributed by atoms with van der Waals surface area (Å²) in [7, 11) is -2.00. The average molecular weight is 375 g/mol. The lowest BCUT2D eigenvalue weighted by molar-refractivity contribution is 0.253. The summed E-state index contributed by atoms with van der Waals surface area (Å²) < 4.78 is 39.1. The Morgan fingerprint density at radius 2 is 1.81 bits per heavy atom. The van der Waals surface area contributed by atoms with Gasteiger partial charge in [0.2, 0.25) is 10.0 Å². The summed E-state index contributed by atoms with van der Waals surface area (Å²) >= 11 is 0. The second-order valence-electron chi connectivity index (χ2n) is 7.58. The van der Waals surface area contributed by atoms with Crippen LogP contribution in [0.1, 0.15) is 31.9 Å². The summed E-state index contributed by atoms with van der Waals surface area (Å²) in [5.41, 5.74) is 2.01. The first-order valence-corrected chi connectivity index (χ1v) is 10.1. The number of methoxy groups -OCH3 is 1. The molecule has 26 heavy (non-hydrogen) atoms. The van der Waals surface area contributed by atoms with Crippen molar-refractivity contribution >= 4 is 10.0 Å². The molecule has 140 valence electrons. The Bertz CT molecular complexity index is 883. The van der Waals surface area contributed by atoms with E-state index < -0.39 is 10.0 Å². The minimum atomic E-state index is -3.60. The first-order valence-electron chi connectivity index (χ1n) is 8.61. The average Bonchev–Trinajstić information content (AvgIpc) is 2.60. The molecule has 6 heteroatoms. The molecule has 0 saturated carbocycles. The van der Waals surface area contributed by atoms with Crippen LogP contribution in [0.4, 0.5) is 0 Å². The van der Waals surface area contributed by atoms with E-state index in [9.17, 15) is 8.42 Å². The van der Waals surface area contributed by atoms with Gasteiger partial charge in [-0.2, -0.15) is 0 Å². The highest BCUT2D eigenvalue weighted by molar-refractivity contribution is 7.89. The Labute approximate surface area is 155 Å². The van der Waals surface area contributed by atoms with E-state index in [1.807, 2.05) is 30.3 Å². The molecular weight excluding hydrogens is 350 g/mol. The number of ether oxygens (including phenoxy) is 2. The van der Waals surface area contributed by atoms with Gasteiger partial charge in [-0.25, -0.2) is 13.1 Å². The molecule has 1 heterocycles. The molecule has 0 radical (unpaired) electrons. The number of hydrogen-bond acceptors (Lipinski definition) is 4.